The van der Waals surface area contributed by atoms with E-state index in [1.54, 1.807) is 19.2 Å². The van der Waals surface area contributed by atoms with Crippen LogP contribution in [0.1, 0.15) is 12.5 Å². The van der Waals surface area contributed by atoms with Gasteiger partial charge < -0.3 is 20.3 Å². The summed E-state index contributed by atoms with van der Waals surface area (Å²) in [7, 11) is 1.63. The normalized spacial score (nSPS) is 17.0. The molecule has 152 valence electrons. The highest BCUT2D eigenvalue weighted by Crippen LogP contribution is 2.25. The van der Waals surface area contributed by atoms with Crippen molar-refractivity contribution in [3.8, 4) is 5.75 Å². The minimum absolute atomic E-state index is 0.182. The molecule has 0 spiro atoms. The summed E-state index contributed by atoms with van der Waals surface area (Å²) in [5.41, 5.74) is 0.411. The third-order valence-electron chi connectivity index (χ3n) is 4.50. The molecule has 2 rings (SSSR count). The molecule has 0 unspecified atom stereocenters. The Kier molecular flexibility index (Phi) is 8.18. The summed E-state index contributed by atoms with van der Waals surface area (Å²) in [5, 5.41) is 6.23. The van der Waals surface area contributed by atoms with Gasteiger partial charge in [0.25, 0.3) is 0 Å². The van der Waals surface area contributed by atoms with Crippen LogP contribution in [0.4, 0.5) is 13.2 Å². The number of hydrogen-bond acceptors (Lipinski definition) is 4. The molecule has 0 saturated carbocycles. The van der Waals surface area contributed by atoms with Crippen LogP contribution < -0.4 is 15.4 Å². The number of nitrogens with zero attached hydrogens (tertiary/aromatic N) is 3. The molecule has 0 aromatic heterocycles. The molecule has 0 aliphatic carbocycles. The standard InChI is InChI=1S/C18H28F3N5O/c1-3-25-10-12-26(13-11-25)9-8-23-17(22-2)24-14-15-6-4-5-7-16(15)27-18(19,20)21/h4-7H,3,8-14H2,1-2H3,(H2,22,23,24). The van der Waals surface area contributed by atoms with Gasteiger partial charge in [0.15, 0.2) is 5.96 Å². The Balaban J connectivity index is 1.76. The number of halogens is 3. The quantitative estimate of drug-likeness (QED) is 0.553. The molecule has 1 aliphatic rings. The van der Waals surface area contributed by atoms with Crippen LogP contribution in [-0.2, 0) is 6.54 Å². The van der Waals surface area contributed by atoms with Gasteiger partial charge in [0.2, 0.25) is 0 Å². The number of guanidine groups is 1. The lowest BCUT2D eigenvalue weighted by Crippen LogP contribution is -2.49. The minimum atomic E-state index is -4.71. The molecule has 27 heavy (non-hydrogen) atoms. The van der Waals surface area contributed by atoms with Crippen LogP contribution in [0.5, 0.6) is 5.75 Å². The smallest absolute Gasteiger partial charge is 0.405 e. The minimum Gasteiger partial charge on any atom is -0.405 e. The molecule has 1 saturated heterocycles. The van der Waals surface area contributed by atoms with Gasteiger partial charge in [-0.3, -0.25) is 9.89 Å². The van der Waals surface area contributed by atoms with Crippen LogP contribution in [0.3, 0.4) is 0 Å². The first-order valence-electron chi connectivity index (χ1n) is 9.14. The predicted octanol–water partition coefficient (Wildman–Crippen LogP) is 1.89. The highest BCUT2D eigenvalue weighted by atomic mass is 19.4. The second-order valence-corrected chi connectivity index (χ2v) is 6.28. The van der Waals surface area contributed by atoms with Crippen molar-refractivity contribution in [3.05, 3.63) is 29.8 Å². The average Bonchev–Trinajstić information content (AvgIpc) is 2.65. The molecule has 1 aliphatic heterocycles. The fourth-order valence-electron chi connectivity index (χ4n) is 2.94. The van der Waals surface area contributed by atoms with Crippen molar-refractivity contribution in [1.29, 1.82) is 0 Å². The van der Waals surface area contributed by atoms with Crippen LogP contribution in [0.15, 0.2) is 29.3 Å². The average molecular weight is 387 g/mol. The number of benzene rings is 1. The van der Waals surface area contributed by atoms with Crippen LogP contribution >= 0.6 is 0 Å². The summed E-state index contributed by atoms with van der Waals surface area (Å²) < 4.78 is 41.5. The molecule has 1 fully saturated rings. The van der Waals surface area contributed by atoms with Gasteiger partial charge in [0.05, 0.1) is 0 Å². The van der Waals surface area contributed by atoms with Crippen LogP contribution in [-0.4, -0.2) is 75.0 Å². The first kappa shape index (κ1) is 21.3. The van der Waals surface area contributed by atoms with Crippen molar-refractivity contribution in [2.75, 3.05) is 52.9 Å². The number of likely N-dealkylation sites (N-methyl/N-ethyl adjacent to an activating group) is 1. The van der Waals surface area contributed by atoms with Gasteiger partial charge in [0, 0.05) is 58.4 Å². The molecular weight excluding hydrogens is 359 g/mol. The van der Waals surface area contributed by atoms with E-state index in [9.17, 15) is 13.2 Å². The van der Waals surface area contributed by atoms with Gasteiger partial charge in [0.1, 0.15) is 5.75 Å². The van der Waals surface area contributed by atoms with E-state index >= 15 is 0 Å². The van der Waals surface area contributed by atoms with Crippen molar-refractivity contribution < 1.29 is 17.9 Å². The molecule has 1 heterocycles. The summed E-state index contributed by atoms with van der Waals surface area (Å²) in [6, 6.07) is 6.08. The Morgan fingerprint density at radius 2 is 1.78 bits per heavy atom. The van der Waals surface area contributed by atoms with Gasteiger partial charge in [-0.15, -0.1) is 13.2 Å². The maximum absolute atomic E-state index is 12.5. The van der Waals surface area contributed by atoms with Gasteiger partial charge >= 0.3 is 6.36 Å². The van der Waals surface area contributed by atoms with E-state index in [1.165, 1.54) is 12.1 Å². The number of piperazine rings is 1. The fraction of sp³-hybridized carbons (Fsp3) is 0.611. The Bertz CT molecular complexity index is 601. The lowest BCUT2D eigenvalue weighted by Gasteiger charge is -2.34. The number of nitrogens with one attached hydrogen (secondary N) is 2. The van der Waals surface area contributed by atoms with E-state index in [0.717, 1.165) is 39.3 Å². The van der Waals surface area contributed by atoms with Gasteiger partial charge in [-0.25, -0.2) is 0 Å². The van der Waals surface area contributed by atoms with Crippen LogP contribution in [0, 0.1) is 0 Å². The molecule has 9 heteroatoms. The predicted molar refractivity (Wildman–Crippen MR) is 99.9 cm³/mol. The molecule has 0 amide bonds. The van der Waals surface area contributed by atoms with E-state index in [4.69, 9.17) is 0 Å². The van der Waals surface area contributed by atoms with Crippen molar-refractivity contribution >= 4 is 5.96 Å². The zero-order chi connectivity index (χ0) is 19.7. The lowest BCUT2D eigenvalue weighted by atomic mass is 10.2. The third kappa shape index (κ3) is 7.64. The maximum Gasteiger partial charge on any atom is 0.573 e. The number of aliphatic imine (C=N–C) groups is 1. The number of hydrogen-bond donors (Lipinski definition) is 2. The SMILES string of the molecule is CCN1CCN(CCNC(=NC)NCc2ccccc2OC(F)(F)F)CC1. The fourth-order valence-corrected chi connectivity index (χ4v) is 2.94. The monoisotopic (exact) mass is 387 g/mol. The first-order chi connectivity index (χ1) is 12.9. The Morgan fingerprint density at radius 1 is 1.11 bits per heavy atom. The molecule has 2 N–H and O–H groups in total. The number of alkyl halides is 3. The zero-order valence-electron chi connectivity index (χ0n) is 15.9. The summed E-state index contributed by atoms with van der Waals surface area (Å²) >= 11 is 0. The molecule has 6 nitrogen and oxygen atoms in total. The summed E-state index contributed by atoms with van der Waals surface area (Å²) in [6.45, 7) is 9.30. The summed E-state index contributed by atoms with van der Waals surface area (Å²) in [6.07, 6.45) is -4.71. The van der Waals surface area contributed by atoms with E-state index in [-0.39, 0.29) is 12.3 Å². The van der Waals surface area contributed by atoms with Crippen LogP contribution in [0.2, 0.25) is 0 Å². The second-order valence-electron chi connectivity index (χ2n) is 6.28. The second kappa shape index (κ2) is 10.4. The van der Waals surface area contributed by atoms with Crippen molar-refractivity contribution in [3.63, 3.8) is 0 Å². The first-order valence-corrected chi connectivity index (χ1v) is 9.14. The topological polar surface area (TPSA) is 52.1 Å². The third-order valence-corrected chi connectivity index (χ3v) is 4.50. The zero-order valence-corrected chi connectivity index (χ0v) is 15.9. The van der Waals surface area contributed by atoms with E-state index in [2.05, 4.69) is 37.1 Å². The maximum atomic E-state index is 12.5. The highest BCUT2D eigenvalue weighted by Gasteiger charge is 2.31. The van der Waals surface area contributed by atoms with Gasteiger partial charge in [-0.2, -0.15) is 0 Å². The molecule has 0 bridgehead atoms. The Morgan fingerprint density at radius 3 is 2.41 bits per heavy atom. The molecule has 1 aromatic carbocycles. The van der Waals surface area contributed by atoms with Crippen molar-refractivity contribution in [1.82, 2.24) is 20.4 Å². The molecule has 0 radical (unpaired) electrons. The lowest BCUT2D eigenvalue weighted by molar-refractivity contribution is -0.274. The highest BCUT2D eigenvalue weighted by molar-refractivity contribution is 5.79. The Labute approximate surface area is 158 Å². The largest absolute Gasteiger partial charge is 0.573 e. The molecule has 1 aromatic rings. The summed E-state index contributed by atoms with van der Waals surface area (Å²) in [4.78, 5) is 8.93. The Hall–Kier alpha value is -2.00. The van der Waals surface area contributed by atoms with E-state index < -0.39 is 6.36 Å². The van der Waals surface area contributed by atoms with Crippen molar-refractivity contribution in [2.45, 2.75) is 19.8 Å². The van der Waals surface area contributed by atoms with Crippen molar-refractivity contribution in [2.24, 2.45) is 4.99 Å². The van der Waals surface area contributed by atoms with Crippen LogP contribution in [0.25, 0.3) is 0 Å². The molecule has 0 atom stereocenters. The molecular formula is C18H28F3N5O. The number of ether oxygens (including phenoxy) is 1. The van der Waals surface area contributed by atoms with Gasteiger partial charge in [-0.1, -0.05) is 25.1 Å². The van der Waals surface area contributed by atoms with E-state index in [1.807, 2.05) is 0 Å². The number of rotatable bonds is 7. The van der Waals surface area contributed by atoms with Gasteiger partial charge in [-0.05, 0) is 12.6 Å². The number of para-hydroxylation sites is 1. The van der Waals surface area contributed by atoms with E-state index in [0.29, 0.717) is 18.1 Å². The summed E-state index contributed by atoms with van der Waals surface area (Å²) in [5.74, 6) is 0.339.